The minimum Gasteiger partial charge on any atom is -0.318 e. The van der Waals surface area contributed by atoms with Crippen molar-refractivity contribution in [2.75, 3.05) is 0 Å². The number of fused-ring (bicyclic) bond motifs is 15. The molecule has 0 unspecified atom stereocenters. The maximum Gasteiger partial charge on any atom is 0.237 e. The summed E-state index contributed by atoms with van der Waals surface area (Å²) in [5.74, 6) is 0. The van der Waals surface area contributed by atoms with Crippen molar-refractivity contribution in [1.29, 1.82) is 5.26 Å². The third-order valence-corrected chi connectivity index (χ3v) is 14.1. The van der Waals surface area contributed by atoms with Crippen LogP contribution in [0.15, 0.2) is 236 Å². The zero-order valence-corrected chi connectivity index (χ0v) is 38.3. The molecule has 0 bridgehead atoms. The number of nitrogens with zero attached hydrogens (tertiary/aromatic N) is 7. The molecule has 0 aliphatic rings. The van der Waals surface area contributed by atoms with Crippen LogP contribution >= 0.6 is 0 Å². The first kappa shape index (κ1) is 24.2. The van der Waals surface area contributed by atoms with Crippen molar-refractivity contribution in [3.8, 4) is 34.5 Å². The highest BCUT2D eigenvalue weighted by Crippen LogP contribution is 2.52. The standard InChI is InChI=1S/C68H39N7/c1-70-64-65(72-55-32-14-5-23-43(55)44-24-6-15-33-56(44)72)53(41-69)66(73-57-34-16-7-25-45(57)46-26-8-17-35-58(46)73)68(67(64)74-59-36-18-9-27-47(59)48-28-10-19-37-60(48)74)75-61-38-20-12-30-50(61)52-39-51-49-29-11-13-31-54(49)71(62(51)40-63(52)75)42-21-3-2-4-22-42/h2-40H/i5D,6D,7D,8D,9D,10D,14D,15D,16D,17D,18D,19D,23D,24D,25D,26D,27D,28D,32D,33D,34D,35D,36D,37D. The maximum absolute atomic E-state index is 12.9. The fourth-order valence-corrected chi connectivity index (χ4v) is 11.2. The Bertz CT molecular complexity index is 6250. The summed E-state index contributed by atoms with van der Waals surface area (Å²) in [6.45, 7) is 9.86. The molecule has 5 heterocycles. The predicted octanol–water partition coefficient (Wildman–Crippen LogP) is 17.6. The van der Waals surface area contributed by atoms with E-state index in [0.29, 0.717) is 27.4 Å². The van der Waals surface area contributed by atoms with Crippen LogP contribution in [0.4, 0.5) is 5.69 Å². The minimum absolute atomic E-state index is 0.160. The van der Waals surface area contributed by atoms with Crippen LogP contribution in [-0.4, -0.2) is 22.8 Å². The largest absolute Gasteiger partial charge is 0.318 e. The Labute approximate surface area is 462 Å². The molecule has 0 fully saturated rings. The summed E-state index contributed by atoms with van der Waals surface area (Å²) in [6, 6.07) is 7.58. The van der Waals surface area contributed by atoms with E-state index in [9.17, 15) is 36.5 Å². The zero-order chi connectivity index (χ0) is 70.4. The highest BCUT2D eigenvalue weighted by Gasteiger charge is 2.35. The van der Waals surface area contributed by atoms with Crippen LogP contribution in [0.2, 0.25) is 0 Å². The third-order valence-electron chi connectivity index (χ3n) is 14.1. The molecule has 7 heteroatoms. The van der Waals surface area contributed by atoms with E-state index in [1.165, 1.54) is 4.57 Å². The highest BCUT2D eigenvalue weighted by molar-refractivity contribution is 6.21. The summed E-state index contributed by atoms with van der Waals surface area (Å²) in [7, 11) is 0. The van der Waals surface area contributed by atoms with Gasteiger partial charge in [-0.1, -0.05) is 163 Å². The lowest BCUT2D eigenvalue weighted by Crippen LogP contribution is -2.14. The average Bonchev–Trinajstić information content (AvgIpc) is 1.54. The van der Waals surface area contributed by atoms with Gasteiger partial charge in [0.15, 0.2) is 0 Å². The minimum atomic E-state index is -0.958. The van der Waals surface area contributed by atoms with Crippen LogP contribution < -0.4 is 0 Å². The SMILES string of the molecule is [2H]c1c([2H])c([2H])c2c(c1[2H])c1c([2H])c([2H])c([2H])c([2H])c1n2-c1c(C#N)c(-n2c3c([2H])c([2H])c([2H])c([2H])c3c3c([2H])c([2H])c([2H])c([2H])c32)c(-n2c3ccccc3c3cc4c5ccccc5n(-c5ccccc5)c4cc32)c(-n2c3c([2H])c([2H])c([2H])c([2H])c3c3c([2H])c([2H])c([2H])c([2H])c32)c1[N+]#[C-]. The Hall–Kier alpha value is -10.6. The van der Waals surface area contributed by atoms with E-state index in [0.717, 1.165) is 24.6 Å². The van der Waals surface area contributed by atoms with Gasteiger partial charge in [-0.3, -0.25) is 0 Å². The van der Waals surface area contributed by atoms with Crippen molar-refractivity contribution in [3.63, 3.8) is 0 Å². The summed E-state index contributed by atoms with van der Waals surface area (Å²) in [5, 5.41) is 11.8. The van der Waals surface area contributed by atoms with Gasteiger partial charge in [0.1, 0.15) is 6.07 Å². The van der Waals surface area contributed by atoms with Gasteiger partial charge in [-0.05, 0) is 72.7 Å². The van der Waals surface area contributed by atoms with E-state index in [4.69, 9.17) is 8.22 Å². The van der Waals surface area contributed by atoms with Gasteiger partial charge in [-0.15, -0.1) is 0 Å². The fourth-order valence-electron chi connectivity index (χ4n) is 11.2. The van der Waals surface area contributed by atoms with Crippen molar-refractivity contribution in [1.82, 2.24) is 22.8 Å². The van der Waals surface area contributed by atoms with Gasteiger partial charge < -0.3 is 22.8 Å². The van der Waals surface area contributed by atoms with Crippen LogP contribution in [0.3, 0.4) is 0 Å². The molecule has 5 aromatic heterocycles. The number of hydrogen-bond acceptors (Lipinski definition) is 1. The van der Waals surface area contributed by atoms with Gasteiger partial charge in [-0.2, -0.15) is 5.26 Å². The second kappa shape index (κ2) is 15.5. The number of aromatic nitrogens is 5. The van der Waals surface area contributed by atoms with E-state index in [1.807, 2.05) is 65.2 Å². The second-order valence-electron chi connectivity index (χ2n) is 17.6. The Morgan fingerprint density at radius 2 is 0.693 bits per heavy atom. The molecule has 7 nitrogen and oxygen atoms in total. The first-order valence-electron chi connectivity index (χ1n) is 35.2. The summed E-state index contributed by atoms with van der Waals surface area (Å²) >= 11 is 0. The molecule has 0 atom stereocenters. The summed E-state index contributed by atoms with van der Waals surface area (Å²) in [5.41, 5.74) is -6.45. The molecule has 0 N–H and O–H groups in total. The van der Waals surface area contributed by atoms with E-state index in [2.05, 4.69) is 10.9 Å². The molecule has 0 aliphatic carbocycles. The molecule has 11 aromatic carbocycles. The molecule has 0 saturated heterocycles. The normalized spacial score (nSPS) is 16.5. The summed E-state index contributed by atoms with van der Waals surface area (Å²) < 4.78 is 234. The Morgan fingerprint density at radius 3 is 1.13 bits per heavy atom. The molecule has 75 heavy (non-hydrogen) atoms. The van der Waals surface area contributed by atoms with Crippen molar-refractivity contribution in [2.45, 2.75) is 0 Å². The monoisotopic (exact) mass is 977 g/mol. The number of para-hydroxylation sites is 9. The van der Waals surface area contributed by atoms with Crippen LogP contribution in [0.25, 0.3) is 142 Å². The predicted molar refractivity (Wildman–Crippen MR) is 309 cm³/mol. The molecule has 16 rings (SSSR count). The summed E-state index contributed by atoms with van der Waals surface area (Å²) in [6.07, 6.45) is 0. The van der Waals surface area contributed by atoms with E-state index < -0.39 is 244 Å². The van der Waals surface area contributed by atoms with Gasteiger partial charge in [0.2, 0.25) is 5.69 Å². The zero-order valence-electron chi connectivity index (χ0n) is 62.3. The van der Waals surface area contributed by atoms with E-state index >= 15 is 0 Å². The van der Waals surface area contributed by atoms with Crippen molar-refractivity contribution >= 4 is 115 Å². The van der Waals surface area contributed by atoms with Crippen LogP contribution in [-0.2, 0) is 0 Å². The first-order chi connectivity index (χ1) is 47.2. The molecule has 0 radical (unpaired) electrons. The maximum atomic E-state index is 12.9. The quantitative estimate of drug-likeness (QED) is 0.159. The molecule has 0 amide bonds. The molecular weight excluding hydrogens is 915 g/mol. The van der Waals surface area contributed by atoms with Gasteiger partial charge >= 0.3 is 0 Å². The van der Waals surface area contributed by atoms with Crippen LogP contribution in [0, 0.1) is 17.9 Å². The van der Waals surface area contributed by atoms with Gasteiger partial charge in [0.25, 0.3) is 0 Å². The molecule has 346 valence electrons. The van der Waals surface area contributed by atoms with E-state index in [-0.39, 0.29) is 11.0 Å². The van der Waals surface area contributed by atoms with Crippen molar-refractivity contribution in [2.24, 2.45) is 0 Å². The molecule has 0 saturated carbocycles. The average molecular weight is 978 g/mol. The topological polar surface area (TPSA) is 52.8 Å². The van der Waals surface area contributed by atoms with Crippen molar-refractivity contribution < 1.29 is 32.9 Å². The third kappa shape index (κ3) is 5.45. The lowest BCUT2D eigenvalue weighted by atomic mass is 10.0. The molecular formula is C68H39N7. The molecule has 0 spiro atoms. The summed E-state index contributed by atoms with van der Waals surface area (Å²) in [4.78, 5) is 4.23. The van der Waals surface area contributed by atoms with Crippen LogP contribution in [0.1, 0.15) is 38.5 Å². The van der Waals surface area contributed by atoms with Gasteiger partial charge in [0.05, 0.1) is 123 Å². The lowest BCUT2D eigenvalue weighted by molar-refractivity contribution is 1.03. The molecule has 0 aliphatic heterocycles. The number of hydrogen-bond donors (Lipinski definition) is 0. The van der Waals surface area contributed by atoms with E-state index in [1.54, 1.807) is 30.3 Å². The van der Waals surface area contributed by atoms with Crippen LogP contribution in [0.5, 0.6) is 0 Å². The second-order valence-corrected chi connectivity index (χ2v) is 17.6. The highest BCUT2D eigenvalue weighted by atomic mass is 15.1. The van der Waals surface area contributed by atoms with Crippen molar-refractivity contribution in [3.05, 3.63) is 253 Å². The molecule has 16 aromatic rings. The number of nitriles is 1. The lowest BCUT2D eigenvalue weighted by Gasteiger charge is -2.27. The Morgan fingerprint density at radius 1 is 0.333 bits per heavy atom. The Kier molecular flexibility index (Phi) is 4.99. The smallest absolute Gasteiger partial charge is 0.237 e. The number of rotatable bonds is 5. The number of benzene rings is 11. The fraction of sp³-hybridized carbons (Fsp3) is 0. The van der Waals surface area contributed by atoms with Gasteiger partial charge in [0, 0.05) is 59.5 Å². The Balaban J connectivity index is 1.34. The first-order valence-corrected chi connectivity index (χ1v) is 23.2. The van der Waals surface area contributed by atoms with Gasteiger partial charge in [-0.25, -0.2) is 4.85 Å².